The average molecular weight is 292 g/mol. The molecule has 0 saturated carbocycles. The van der Waals surface area contributed by atoms with Crippen molar-refractivity contribution in [2.75, 3.05) is 20.3 Å². The normalized spacial score (nSPS) is 12.2. The van der Waals surface area contributed by atoms with Crippen molar-refractivity contribution in [3.63, 3.8) is 0 Å². The molecule has 6 heteroatoms. The first-order valence-electron chi connectivity index (χ1n) is 5.42. The van der Waals surface area contributed by atoms with Gasteiger partial charge in [-0.05, 0) is 23.8 Å². The van der Waals surface area contributed by atoms with Crippen molar-refractivity contribution in [1.82, 2.24) is 5.32 Å². The molecule has 0 aliphatic rings. The van der Waals surface area contributed by atoms with Crippen LogP contribution in [0.5, 0.6) is 0 Å². The van der Waals surface area contributed by atoms with Crippen LogP contribution in [0.4, 0.5) is 0 Å². The van der Waals surface area contributed by atoms with Gasteiger partial charge in [-0.3, -0.25) is 4.79 Å². The van der Waals surface area contributed by atoms with Gasteiger partial charge in [-0.2, -0.15) is 0 Å². The molecule has 18 heavy (non-hydrogen) atoms. The van der Waals surface area contributed by atoms with Crippen LogP contribution in [0.1, 0.15) is 18.1 Å². The minimum Gasteiger partial charge on any atom is -0.388 e. The number of carbonyl (C=O) groups is 1. The van der Waals surface area contributed by atoms with Crippen molar-refractivity contribution in [3.8, 4) is 0 Å². The van der Waals surface area contributed by atoms with Crippen LogP contribution in [0.15, 0.2) is 18.2 Å². The number of aliphatic hydroxyl groups excluding tert-OH is 1. The fourth-order valence-electron chi connectivity index (χ4n) is 1.43. The number of hydrogen-bond donors (Lipinski definition) is 2. The molecule has 1 unspecified atom stereocenters. The van der Waals surface area contributed by atoms with Crippen molar-refractivity contribution < 1.29 is 14.6 Å². The molecule has 0 saturated heterocycles. The molecule has 0 aliphatic heterocycles. The number of amides is 1. The maximum absolute atomic E-state index is 11.5. The Morgan fingerprint density at radius 2 is 2.00 bits per heavy atom. The number of rotatable bonds is 6. The molecule has 0 fully saturated rings. The molecule has 0 aliphatic carbocycles. The predicted molar refractivity (Wildman–Crippen MR) is 70.9 cm³/mol. The maximum Gasteiger partial charge on any atom is 0.223 e. The number of carbonyl (C=O) groups excluding carboxylic acids is 1. The molecule has 1 atom stereocenters. The number of aliphatic hydroxyl groups is 1. The quantitative estimate of drug-likeness (QED) is 0.790. The summed E-state index contributed by atoms with van der Waals surface area (Å²) < 4.78 is 4.80. The molecular weight excluding hydrogens is 277 g/mol. The van der Waals surface area contributed by atoms with Crippen LogP contribution in [0.25, 0.3) is 0 Å². The SMILES string of the molecule is COCCNC(=O)CC(O)c1cc(Cl)cc(Cl)c1. The molecule has 0 aromatic heterocycles. The fourth-order valence-corrected chi connectivity index (χ4v) is 1.97. The van der Waals surface area contributed by atoms with E-state index >= 15 is 0 Å². The Kier molecular flexibility index (Phi) is 6.43. The number of halogens is 2. The van der Waals surface area contributed by atoms with E-state index in [9.17, 15) is 9.90 Å². The molecule has 2 N–H and O–H groups in total. The number of benzene rings is 1. The lowest BCUT2D eigenvalue weighted by atomic mass is 10.1. The van der Waals surface area contributed by atoms with Crippen molar-refractivity contribution in [1.29, 1.82) is 0 Å². The highest BCUT2D eigenvalue weighted by Crippen LogP contribution is 2.25. The van der Waals surface area contributed by atoms with Crippen LogP contribution in [0, 0.1) is 0 Å². The van der Waals surface area contributed by atoms with E-state index in [1.165, 1.54) is 0 Å². The van der Waals surface area contributed by atoms with E-state index in [0.717, 1.165) is 0 Å². The van der Waals surface area contributed by atoms with Gasteiger partial charge in [0.15, 0.2) is 0 Å². The Bertz CT molecular complexity index is 392. The van der Waals surface area contributed by atoms with E-state index < -0.39 is 6.10 Å². The molecule has 1 aromatic rings. The lowest BCUT2D eigenvalue weighted by Crippen LogP contribution is -2.28. The first kappa shape index (κ1) is 15.2. The summed E-state index contributed by atoms with van der Waals surface area (Å²) in [5.74, 6) is -0.254. The summed E-state index contributed by atoms with van der Waals surface area (Å²) in [6, 6.07) is 4.74. The standard InChI is InChI=1S/C12H15Cl2NO3/c1-18-3-2-15-12(17)7-11(16)8-4-9(13)6-10(14)5-8/h4-6,11,16H,2-3,7H2,1H3,(H,15,17). The second-order valence-corrected chi connectivity index (χ2v) is 4.64. The summed E-state index contributed by atoms with van der Waals surface area (Å²) in [5.41, 5.74) is 0.523. The zero-order valence-corrected chi connectivity index (χ0v) is 11.5. The monoisotopic (exact) mass is 291 g/mol. The molecule has 0 spiro atoms. The number of hydrogen-bond acceptors (Lipinski definition) is 3. The lowest BCUT2D eigenvalue weighted by Gasteiger charge is -2.12. The van der Waals surface area contributed by atoms with Gasteiger partial charge in [-0.1, -0.05) is 23.2 Å². The Labute approximate surface area is 116 Å². The van der Waals surface area contributed by atoms with Crippen LogP contribution < -0.4 is 5.32 Å². The smallest absolute Gasteiger partial charge is 0.223 e. The van der Waals surface area contributed by atoms with Gasteiger partial charge in [0.05, 0.1) is 19.1 Å². The number of nitrogens with one attached hydrogen (secondary N) is 1. The Hall–Kier alpha value is -0.810. The van der Waals surface area contributed by atoms with Crippen molar-refractivity contribution >= 4 is 29.1 Å². The van der Waals surface area contributed by atoms with E-state index in [4.69, 9.17) is 27.9 Å². The predicted octanol–water partition coefficient (Wildman–Crippen LogP) is 2.18. The molecule has 1 amide bonds. The van der Waals surface area contributed by atoms with Gasteiger partial charge in [-0.25, -0.2) is 0 Å². The van der Waals surface area contributed by atoms with E-state index in [0.29, 0.717) is 28.8 Å². The summed E-state index contributed by atoms with van der Waals surface area (Å²) in [5, 5.41) is 13.4. The second kappa shape index (κ2) is 7.59. The van der Waals surface area contributed by atoms with Gasteiger partial charge >= 0.3 is 0 Å². The van der Waals surface area contributed by atoms with Crippen molar-refractivity contribution in [2.45, 2.75) is 12.5 Å². The van der Waals surface area contributed by atoms with E-state index in [-0.39, 0.29) is 12.3 Å². The highest BCUT2D eigenvalue weighted by atomic mass is 35.5. The summed E-state index contributed by atoms with van der Waals surface area (Å²) in [6.07, 6.45) is -0.968. The Morgan fingerprint density at radius 3 is 2.56 bits per heavy atom. The molecule has 100 valence electrons. The zero-order chi connectivity index (χ0) is 13.5. The molecular formula is C12H15Cl2NO3. The summed E-state index contributed by atoms with van der Waals surface area (Å²) in [6.45, 7) is 0.850. The molecule has 1 aromatic carbocycles. The largest absolute Gasteiger partial charge is 0.388 e. The van der Waals surface area contributed by atoms with Gasteiger partial charge in [0.1, 0.15) is 0 Å². The van der Waals surface area contributed by atoms with E-state index in [1.54, 1.807) is 25.3 Å². The molecule has 4 nitrogen and oxygen atoms in total. The minimum absolute atomic E-state index is 0.0413. The third kappa shape index (κ3) is 5.23. The van der Waals surface area contributed by atoms with Crippen LogP contribution in [0.2, 0.25) is 10.0 Å². The first-order chi connectivity index (χ1) is 8.52. The maximum atomic E-state index is 11.5. The van der Waals surface area contributed by atoms with E-state index in [2.05, 4.69) is 5.32 Å². The molecule has 0 heterocycles. The van der Waals surface area contributed by atoms with Gasteiger partial charge in [-0.15, -0.1) is 0 Å². The number of ether oxygens (including phenoxy) is 1. The average Bonchev–Trinajstić information content (AvgIpc) is 2.28. The van der Waals surface area contributed by atoms with E-state index in [1.807, 2.05) is 0 Å². The highest BCUT2D eigenvalue weighted by Gasteiger charge is 2.13. The fraction of sp³-hybridized carbons (Fsp3) is 0.417. The van der Waals surface area contributed by atoms with Crippen molar-refractivity contribution in [2.24, 2.45) is 0 Å². The third-order valence-electron chi connectivity index (χ3n) is 2.28. The summed E-state index contributed by atoms with van der Waals surface area (Å²) >= 11 is 11.6. The molecule has 1 rings (SSSR count). The number of methoxy groups -OCH3 is 1. The topological polar surface area (TPSA) is 58.6 Å². The van der Waals surface area contributed by atoms with Crippen LogP contribution in [-0.2, 0) is 9.53 Å². The van der Waals surface area contributed by atoms with Crippen LogP contribution >= 0.6 is 23.2 Å². The van der Waals surface area contributed by atoms with Gasteiger partial charge in [0.25, 0.3) is 0 Å². The van der Waals surface area contributed by atoms with Gasteiger partial charge in [0.2, 0.25) is 5.91 Å². The molecule has 0 radical (unpaired) electrons. The van der Waals surface area contributed by atoms with Gasteiger partial charge in [0, 0.05) is 23.7 Å². The zero-order valence-electron chi connectivity index (χ0n) is 9.95. The van der Waals surface area contributed by atoms with Crippen LogP contribution in [0.3, 0.4) is 0 Å². The highest BCUT2D eigenvalue weighted by molar-refractivity contribution is 6.34. The third-order valence-corrected chi connectivity index (χ3v) is 2.71. The first-order valence-corrected chi connectivity index (χ1v) is 6.18. The lowest BCUT2D eigenvalue weighted by molar-refractivity contribution is -0.123. The Balaban J connectivity index is 2.53. The Morgan fingerprint density at radius 1 is 1.39 bits per heavy atom. The van der Waals surface area contributed by atoms with Crippen LogP contribution in [-0.4, -0.2) is 31.3 Å². The molecule has 0 bridgehead atoms. The minimum atomic E-state index is -0.927. The van der Waals surface area contributed by atoms with Crippen molar-refractivity contribution in [3.05, 3.63) is 33.8 Å². The summed E-state index contributed by atoms with van der Waals surface area (Å²) in [4.78, 5) is 11.5. The second-order valence-electron chi connectivity index (χ2n) is 3.77. The van der Waals surface area contributed by atoms with Gasteiger partial charge < -0.3 is 15.2 Å². The summed E-state index contributed by atoms with van der Waals surface area (Å²) in [7, 11) is 1.55.